The number of hydrogen-bond donors (Lipinski definition) is 0. The molecular formula is C22H18ClNO2S. The van der Waals surface area contributed by atoms with Crippen molar-refractivity contribution in [3.8, 4) is 0 Å². The van der Waals surface area contributed by atoms with E-state index in [9.17, 15) is 8.42 Å². The van der Waals surface area contributed by atoms with Gasteiger partial charge in [-0.3, -0.25) is 4.99 Å². The van der Waals surface area contributed by atoms with Crippen LogP contribution in [-0.4, -0.2) is 20.7 Å². The molecule has 0 saturated carbocycles. The van der Waals surface area contributed by atoms with Crippen LogP contribution in [0.3, 0.4) is 0 Å². The molecule has 0 N–H and O–H groups in total. The number of rotatable bonds is 4. The molecule has 0 radical (unpaired) electrons. The molecular weight excluding hydrogens is 378 g/mol. The highest BCUT2D eigenvalue weighted by molar-refractivity contribution is 7.90. The molecule has 5 heteroatoms. The van der Waals surface area contributed by atoms with Crippen LogP contribution in [0.1, 0.15) is 22.3 Å². The Morgan fingerprint density at radius 2 is 1.52 bits per heavy atom. The van der Waals surface area contributed by atoms with Crippen LogP contribution in [0.5, 0.6) is 0 Å². The second kappa shape index (κ2) is 7.29. The fourth-order valence-corrected chi connectivity index (χ4v) is 4.88. The zero-order valence-electron chi connectivity index (χ0n) is 14.6. The van der Waals surface area contributed by atoms with Gasteiger partial charge < -0.3 is 0 Å². The van der Waals surface area contributed by atoms with Crippen molar-refractivity contribution in [2.24, 2.45) is 4.99 Å². The van der Waals surface area contributed by atoms with Gasteiger partial charge in [-0.2, -0.15) is 0 Å². The van der Waals surface area contributed by atoms with E-state index in [1.807, 2.05) is 36.4 Å². The van der Waals surface area contributed by atoms with Crippen LogP contribution < -0.4 is 0 Å². The molecule has 0 aliphatic carbocycles. The first-order valence-electron chi connectivity index (χ1n) is 8.74. The predicted molar refractivity (Wildman–Crippen MR) is 109 cm³/mol. The first-order chi connectivity index (χ1) is 13.0. The molecule has 1 aliphatic heterocycles. The van der Waals surface area contributed by atoms with Crippen molar-refractivity contribution in [1.29, 1.82) is 0 Å². The number of benzene rings is 3. The van der Waals surface area contributed by atoms with Gasteiger partial charge in [0.1, 0.15) is 0 Å². The van der Waals surface area contributed by atoms with Crippen molar-refractivity contribution in [1.82, 2.24) is 0 Å². The van der Waals surface area contributed by atoms with Gasteiger partial charge in [0.25, 0.3) is 0 Å². The molecule has 0 atom stereocenters. The van der Waals surface area contributed by atoms with E-state index in [0.717, 1.165) is 28.8 Å². The molecule has 1 aliphatic rings. The molecule has 0 aromatic heterocycles. The van der Waals surface area contributed by atoms with E-state index in [2.05, 4.69) is 12.1 Å². The Labute approximate surface area is 164 Å². The van der Waals surface area contributed by atoms with E-state index in [1.54, 1.807) is 24.3 Å². The number of aliphatic imine (C=N–C) groups is 1. The van der Waals surface area contributed by atoms with E-state index in [0.29, 0.717) is 11.6 Å². The van der Waals surface area contributed by atoms with Gasteiger partial charge in [-0.15, -0.1) is 0 Å². The summed E-state index contributed by atoms with van der Waals surface area (Å²) in [4.78, 5) is 4.99. The molecule has 0 fully saturated rings. The lowest BCUT2D eigenvalue weighted by molar-refractivity contribution is 0.595. The minimum absolute atomic E-state index is 0.0774. The highest BCUT2D eigenvalue weighted by Gasteiger charge is 2.22. The molecule has 0 saturated heterocycles. The minimum Gasteiger partial charge on any atom is -0.284 e. The summed E-state index contributed by atoms with van der Waals surface area (Å²) in [5.74, 6) is -0.0774. The van der Waals surface area contributed by atoms with Gasteiger partial charge in [0.15, 0.2) is 9.84 Å². The summed E-state index contributed by atoms with van der Waals surface area (Å²) < 4.78 is 25.8. The molecule has 4 rings (SSSR count). The fraction of sp³-hybridized carbons (Fsp3) is 0.136. The molecule has 0 spiro atoms. The zero-order chi connectivity index (χ0) is 18.9. The first kappa shape index (κ1) is 18.0. The molecule has 3 aromatic carbocycles. The molecule has 136 valence electrons. The van der Waals surface area contributed by atoms with E-state index >= 15 is 0 Å². The van der Waals surface area contributed by atoms with Crippen molar-refractivity contribution < 1.29 is 8.42 Å². The van der Waals surface area contributed by atoms with Crippen molar-refractivity contribution in [3.05, 3.63) is 100 Å². The van der Waals surface area contributed by atoms with Crippen LogP contribution >= 0.6 is 11.6 Å². The monoisotopic (exact) mass is 395 g/mol. The third-order valence-corrected chi connectivity index (χ3v) is 6.65. The van der Waals surface area contributed by atoms with Crippen LogP contribution in [0.4, 0.5) is 0 Å². The largest absolute Gasteiger partial charge is 0.284 e. The van der Waals surface area contributed by atoms with E-state index in [4.69, 9.17) is 16.6 Å². The Balaban J connectivity index is 1.75. The van der Waals surface area contributed by atoms with Crippen LogP contribution in [0.25, 0.3) is 0 Å². The average Bonchev–Trinajstić information content (AvgIpc) is 2.68. The maximum absolute atomic E-state index is 12.9. The van der Waals surface area contributed by atoms with Crippen molar-refractivity contribution in [3.63, 3.8) is 0 Å². The van der Waals surface area contributed by atoms with E-state index < -0.39 is 9.84 Å². The van der Waals surface area contributed by atoms with Crippen molar-refractivity contribution in [2.45, 2.75) is 17.1 Å². The lowest BCUT2D eigenvalue weighted by Crippen LogP contribution is -2.17. The quantitative estimate of drug-likeness (QED) is 0.642. The minimum atomic E-state index is -3.48. The molecule has 0 amide bonds. The zero-order valence-corrected chi connectivity index (χ0v) is 16.2. The number of fused-ring (bicyclic) bond motifs is 1. The molecule has 3 aromatic rings. The average molecular weight is 396 g/mol. The molecule has 27 heavy (non-hydrogen) atoms. The summed E-state index contributed by atoms with van der Waals surface area (Å²) in [7, 11) is -3.48. The van der Waals surface area contributed by atoms with Crippen LogP contribution in [-0.2, 0) is 22.0 Å². The van der Waals surface area contributed by atoms with Crippen LogP contribution in [0.15, 0.2) is 82.7 Å². The van der Waals surface area contributed by atoms with Crippen molar-refractivity contribution in [2.75, 3.05) is 6.54 Å². The van der Waals surface area contributed by atoms with Crippen molar-refractivity contribution >= 4 is 27.1 Å². The van der Waals surface area contributed by atoms with Gasteiger partial charge >= 0.3 is 0 Å². The lowest BCUT2D eigenvalue weighted by Gasteiger charge is -2.19. The van der Waals surface area contributed by atoms with Crippen LogP contribution in [0.2, 0.25) is 5.02 Å². The third-order valence-electron chi connectivity index (χ3n) is 4.71. The highest BCUT2D eigenvalue weighted by Crippen LogP contribution is 2.25. The summed E-state index contributed by atoms with van der Waals surface area (Å²) in [6.45, 7) is 0.713. The Hall–Kier alpha value is -2.43. The normalized spacial score (nSPS) is 13.7. The molecule has 0 bridgehead atoms. The highest BCUT2D eigenvalue weighted by atomic mass is 35.5. The molecule has 1 heterocycles. The summed E-state index contributed by atoms with van der Waals surface area (Å²) >= 11 is 5.89. The van der Waals surface area contributed by atoms with Crippen LogP contribution in [0, 0.1) is 0 Å². The number of halogens is 1. The fourth-order valence-electron chi connectivity index (χ4n) is 3.38. The van der Waals surface area contributed by atoms with E-state index in [-0.39, 0.29) is 10.6 Å². The number of sulfone groups is 1. The standard InChI is InChI=1S/C22H18ClNO2S/c23-18-9-11-19(12-10-18)27(25,26)15-17-6-2-4-8-21(17)22-20-7-3-1-5-16(20)13-14-24-22/h1-12H,13-15H2. The Bertz CT molecular complexity index is 1120. The SMILES string of the molecule is O=S(=O)(Cc1ccccc1C1=NCCc2ccccc21)c1ccc(Cl)cc1. The number of hydrogen-bond acceptors (Lipinski definition) is 3. The first-order valence-corrected chi connectivity index (χ1v) is 10.8. The lowest BCUT2D eigenvalue weighted by atomic mass is 9.91. The Morgan fingerprint density at radius 3 is 2.30 bits per heavy atom. The second-order valence-corrected chi connectivity index (χ2v) is 8.93. The van der Waals surface area contributed by atoms with Gasteiger partial charge in [0, 0.05) is 22.7 Å². The maximum atomic E-state index is 12.9. The predicted octanol–water partition coefficient (Wildman–Crippen LogP) is 4.71. The summed E-state index contributed by atoms with van der Waals surface area (Å²) in [5, 5.41) is 0.516. The Kier molecular flexibility index (Phi) is 4.85. The summed E-state index contributed by atoms with van der Waals surface area (Å²) in [5.41, 5.74) is 4.84. The number of nitrogens with zero attached hydrogens (tertiary/aromatic N) is 1. The van der Waals surface area contributed by atoms with Gasteiger partial charge in [0.05, 0.1) is 16.4 Å². The van der Waals surface area contributed by atoms with E-state index in [1.165, 1.54) is 5.56 Å². The van der Waals surface area contributed by atoms with Gasteiger partial charge in [0.2, 0.25) is 0 Å². The summed E-state index contributed by atoms with van der Waals surface area (Å²) in [6, 6.07) is 22.1. The van der Waals surface area contributed by atoms with Gasteiger partial charge in [-0.25, -0.2) is 8.42 Å². The van der Waals surface area contributed by atoms with Gasteiger partial charge in [-0.1, -0.05) is 60.1 Å². The Morgan fingerprint density at radius 1 is 0.852 bits per heavy atom. The van der Waals surface area contributed by atoms with Gasteiger partial charge in [-0.05, 0) is 41.8 Å². The smallest absolute Gasteiger partial charge is 0.182 e. The third kappa shape index (κ3) is 3.68. The molecule has 0 unspecified atom stereocenters. The maximum Gasteiger partial charge on any atom is 0.182 e. The molecule has 3 nitrogen and oxygen atoms in total. The summed E-state index contributed by atoms with van der Waals surface area (Å²) in [6.07, 6.45) is 0.908. The topological polar surface area (TPSA) is 46.5 Å². The second-order valence-electron chi connectivity index (χ2n) is 6.51.